The molecule has 5 nitrogen and oxygen atoms in total. The van der Waals surface area contributed by atoms with Crippen LogP contribution in [0, 0.1) is 5.92 Å². The number of halogens is 3. The number of hydrogen-bond donors (Lipinski definition) is 1. The van der Waals surface area contributed by atoms with E-state index in [2.05, 4.69) is 68.8 Å². The number of imidazole rings is 1. The Hall–Kier alpha value is -0.180. The Morgan fingerprint density at radius 3 is 2.79 bits per heavy atom. The van der Waals surface area contributed by atoms with Gasteiger partial charge in [-0.2, -0.15) is 0 Å². The van der Waals surface area contributed by atoms with E-state index < -0.39 is 0 Å². The van der Waals surface area contributed by atoms with Gasteiger partial charge in [0.15, 0.2) is 4.73 Å². The zero-order valence-electron chi connectivity index (χ0n) is 10.0. The summed E-state index contributed by atoms with van der Waals surface area (Å²) in [6.45, 7) is 4.04. The second-order valence-electron chi connectivity index (χ2n) is 4.84. The smallest absolute Gasteiger partial charge is 0.275 e. The first kappa shape index (κ1) is 13.8. The van der Waals surface area contributed by atoms with Crippen LogP contribution in [0.25, 0.3) is 5.52 Å². The predicted molar refractivity (Wildman–Crippen MR) is 83.6 cm³/mol. The number of aromatic nitrogens is 3. The standard InChI is InChI=1S/C11H11Br3N4O/c1-5-2-17(14)3-6(5)7-4-18-8(10(19)15-7)9(12)16-11(18)13/h4-6H,2-3H2,1H3,(H,15,19)/t5-,6-/m1/s1. The van der Waals surface area contributed by atoms with Gasteiger partial charge in [0, 0.05) is 47.0 Å². The normalized spacial score (nSPS) is 24.4. The number of hydrogen-bond acceptors (Lipinski definition) is 3. The van der Waals surface area contributed by atoms with Crippen molar-refractivity contribution < 1.29 is 0 Å². The van der Waals surface area contributed by atoms with E-state index in [1.807, 2.05) is 6.20 Å². The van der Waals surface area contributed by atoms with Crippen molar-refractivity contribution in [1.29, 1.82) is 0 Å². The second-order valence-corrected chi connectivity index (χ2v) is 7.30. The van der Waals surface area contributed by atoms with E-state index in [1.165, 1.54) is 0 Å². The summed E-state index contributed by atoms with van der Waals surface area (Å²) in [5, 5.41) is 0. The molecule has 3 heterocycles. The molecule has 8 heteroatoms. The van der Waals surface area contributed by atoms with Gasteiger partial charge in [-0.15, -0.1) is 0 Å². The van der Waals surface area contributed by atoms with Crippen LogP contribution in [-0.4, -0.2) is 31.4 Å². The van der Waals surface area contributed by atoms with Gasteiger partial charge in [0.05, 0.1) is 0 Å². The van der Waals surface area contributed by atoms with Crippen LogP contribution in [0.2, 0.25) is 0 Å². The van der Waals surface area contributed by atoms with Gasteiger partial charge in [-0.25, -0.2) is 8.91 Å². The first-order valence-corrected chi connectivity index (χ1v) is 8.14. The third kappa shape index (κ3) is 2.32. The molecule has 0 aliphatic carbocycles. The summed E-state index contributed by atoms with van der Waals surface area (Å²) in [6, 6.07) is 0. The van der Waals surface area contributed by atoms with Gasteiger partial charge in [0.2, 0.25) is 0 Å². The maximum absolute atomic E-state index is 12.2. The van der Waals surface area contributed by atoms with Crippen LogP contribution in [-0.2, 0) is 0 Å². The summed E-state index contributed by atoms with van der Waals surface area (Å²) in [5.74, 6) is 0.794. The average molecular weight is 455 g/mol. The predicted octanol–water partition coefficient (Wildman–Crippen LogP) is 2.89. The molecule has 0 spiro atoms. The quantitative estimate of drug-likeness (QED) is 0.674. The van der Waals surface area contributed by atoms with Gasteiger partial charge in [-0.3, -0.25) is 9.20 Å². The maximum atomic E-state index is 12.2. The fraction of sp³-hybridized carbons (Fsp3) is 0.455. The Morgan fingerprint density at radius 2 is 2.16 bits per heavy atom. The first-order chi connectivity index (χ1) is 8.97. The Labute approximate surface area is 135 Å². The number of aromatic amines is 1. The van der Waals surface area contributed by atoms with Gasteiger partial charge in [0.1, 0.15) is 10.1 Å². The summed E-state index contributed by atoms with van der Waals surface area (Å²) >= 11 is 10.2. The molecule has 1 N–H and O–H groups in total. The van der Waals surface area contributed by atoms with Crippen LogP contribution >= 0.6 is 48.0 Å². The molecular formula is C11H11Br3N4O. The van der Waals surface area contributed by atoms with E-state index in [-0.39, 0.29) is 5.56 Å². The number of fused-ring (bicyclic) bond motifs is 1. The van der Waals surface area contributed by atoms with Crippen LogP contribution in [0.3, 0.4) is 0 Å². The molecule has 102 valence electrons. The van der Waals surface area contributed by atoms with Crippen LogP contribution in [0.4, 0.5) is 0 Å². The third-order valence-corrected chi connectivity index (χ3v) is 5.23. The van der Waals surface area contributed by atoms with E-state index in [4.69, 9.17) is 0 Å². The van der Waals surface area contributed by atoms with E-state index in [9.17, 15) is 4.79 Å². The largest absolute Gasteiger partial charge is 0.323 e. The van der Waals surface area contributed by atoms with Crippen molar-refractivity contribution in [2.75, 3.05) is 13.1 Å². The number of nitrogens with one attached hydrogen (secondary N) is 1. The molecule has 0 unspecified atom stereocenters. The number of H-pyrrole nitrogens is 1. The third-order valence-electron chi connectivity index (χ3n) is 3.53. The van der Waals surface area contributed by atoms with Gasteiger partial charge in [-0.05, 0) is 37.8 Å². The second kappa shape index (κ2) is 4.98. The average Bonchev–Trinajstić information content (AvgIpc) is 2.80. The zero-order valence-corrected chi connectivity index (χ0v) is 14.8. The van der Waals surface area contributed by atoms with E-state index in [1.54, 1.807) is 4.40 Å². The molecule has 2 aromatic heterocycles. The van der Waals surface area contributed by atoms with Crippen molar-refractivity contribution in [3.8, 4) is 0 Å². The molecule has 1 fully saturated rings. The summed E-state index contributed by atoms with van der Waals surface area (Å²) < 4.78 is 5.06. The molecule has 2 aromatic rings. The summed E-state index contributed by atoms with van der Waals surface area (Å²) in [5.41, 5.74) is 1.34. The molecule has 1 aliphatic heterocycles. The summed E-state index contributed by atoms with van der Waals surface area (Å²) in [4.78, 5) is 19.4. The van der Waals surface area contributed by atoms with Gasteiger partial charge < -0.3 is 4.98 Å². The molecule has 0 saturated carbocycles. The number of nitrogens with zero attached hydrogens (tertiary/aromatic N) is 3. The molecule has 1 aliphatic rings. The van der Waals surface area contributed by atoms with Crippen LogP contribution in [0.1, 0.15) is 18.5 Å². The van der Waals surface area contributed by atoms with Crippen molar-refractivity contribution in [1.82, 2.24) is 18.3 Å². The minimum Gasteiger partial charge on any atom is -0.323 e. The first-order valence-electron chi connectivity index (χ1n) is 5.84. The lowest BCUT2D eigenvalue weighted by Crippen LogP contribution is -2.18. The molecule has 3 rings (SSSR count). The molecule has 2 atom stereocenters. The van der Waals surface area contributed by atoms with Crippen LogP contribution < -0.4 is 5.56 Å². The highest BCUT2D eigenvalue weighted by Crippen LogP contribution is 2.33. The van der Waals surface area contributed by atoms with Crippen LogP contribution in [0.5, 0.6) is 0 Å². The van der Waals surface area contributed by atoms with Crippen molar-refractivity contribution in [3.05, 3.63) is 31.6 Å². The van der Waals surface area contributed by atoms with E-state index in [0.717, 1.165) is 18.8 Å². The molecular weight excluding hydrogens is 444 g/mol. The molecule has 0 radical (unpaired) electrons. The lowest BCUT2D eigenvalue weighted by molar-refractivity contribution is 0.547. The fourth-order valence-corrected chi connectivity index (χ4v) is 4.57. The molecule has 0 aromatic carbocycles. The summed E-state index contributed by atoms with van der Waals surface area (Å²) in [6.07, 6.45) is 1.95. The zero-order chi connectivity index (χ0) is 13.7. The van der Waals surface area contributed by atoms with Crippen molar-refractivity contribution in [2.24, 2.45) is 5.92 Å². The van der Waals surface area contributed by atoms with Crippen LogP contribution in [0.15, 0.2) is 20.3 Å². The highest BCUT2D eigenvalue weighted by Gasteiger charge is 2.31. The Balaban J connectivity index is 2.16. The minimum absolute atomic E-state index is 0.122. The fourth-order valence-electron chi connectivity index (χ4n) is 2.56. The highest BCUT2D eigenvalue weighted by molar-refractivity contribution is 9.11. The van der Waals surface area contributed by atoms with Crippen molar-refractivity contribution >= 4 is 53.5 Å². The highest BCUT2D eigenvalue weighted by atomic mass is 79.9. The molecule has 1 saturated heterocycles. The molecule has 0 bridgehead atoms. The number of rotatable bonds is 1. The Kier molecular flexibility index (Phi) is 3.61. The summed E-state index contributed by atoms with van der Waals surface area (Å²) in [7, 11) is 0. The van der Waals surface area contributed by atoms with E-state index >= 15 is 0 Å². The monoisotopic (exact) mass is 452 g/mol. The minimum atomic E-state index is -0.122. The van der Waals surface area contributed by atoms with Crippen molar-refractivity contribution in [2.45, 2.75) is 12.8 Å². The Bertz CT molecular complexity index is 695. The lowest BCUT2D eigenvalue weighted by atomic mass is 9.95. The Morgan fingerprint density at radius 1 is 1.42 bits per heavy atom. The topological polar surface area (TPSA) is 53.4 Å². The molecule has 19 heavy (non-hydrogen) atoms. The van der Waals surface area contributed by atoms with E-state index in [0.29, 0.717) is 26.7 Å². The van der Waals surface area contributed by atoms with Gasteiger partial charge in [-0.1, -0.05) is 6.92 Å². The van der Waals surface area contributed by atoms with Gasteiger partial charge >= 0.3 is 0 Å². The van der Waals surface area contributed by atoms with Crippen molar-refractivity contribution in [3.63, 3.8) is 0 Å². The SMILES string of the molecule is C[C@@H]1CN(Br)C[C@H]1c1cn2c(Br)nc(Br)c2c(=O)[nH]1. The molecule has 0 amide bonds. The van der Waals surface area contributed by atoms with Gasteiger partial charge in [0.25, 0.3) is 5.56 Å². The maximum Gasteiger partial charge on any atom is 0.275 e. The lowest BCUT2D eigenvalue weighted by Gasteiger charge is -2.14.